The second-order valence-corrected chi connectivity index (χ2v) is 9.78. The molecule has 214 valence electrons. The molecular weight excluding hydrogens is 494 g/mol. The summed E-state index contributed by atoms with van der Waals surface area (Å²) in [7, 11) is 0. The van der Waals surface area contributed by atoms with Crippen LogP contribution in [0.2, 0.25) is 0 Å². The Kier molecular flexibility index (Phi) is 11.6. The van der Waals surface area contributed by atoms with E-state index in [-0.39, 0.29) is 31.3 Å². The van der Waals surface area contributed by atoms with Gasteiger partial charge in [-0.05, 0) is 5.92 Å². The zero-order valence-corrected chi connectivity index (χ0v) is 21.6. The lowest BCUT2D eigenvalue weighted by Crippen LogP contribution is -2.73. The van der Waals surface area contributed by atoms with Crippen molar-refractivity contribution in [3.05, 3.63) is 0 Å². The van der Waals surface area contributed by atoms with Crippen molar-refractivity contribution in [2.45, 2.75) is 102 Å². The molecule has 0 saturated carbocycles. The van der Waals surface area contributed by atoms with E-state index >= 15 is 0 Å². The molecule has 2 aliphatic rings. The van der Waals surface area contributed by atoms with Crippen molar-refractivity contribution in [1.29, 1.82) is 0 Å². The van der Waals surface area contributed by atoms with Crippen LogP contribution in [0.5, 0.6) is 0 Å². The van der Waals surface area contributed by atoms with Gasteiger partial charge in [-0.25, -0.2) is 0 Å². The van der Waals surface area contributed by atoms with Crippen LogP contribution in [0.1, 0.15) is 47.0 Å². The van der Waals surface area contributed by atoms with Crippen LogP contribution in [0.3, 0.4) is 0 Å². The second kappa shape index (κ2) is 13.8. The standard InChI is InChI=1S/C23H41N3O11/c1-5-11(2)8-15(31)26-21-17(25-13(4)30)20(34)23(6-7-27,10-35-21)37-22-16(24-12(3)29)19(33)18(32)14(9-28)36-22/h11,14,16-22,27-28,32-34H,5-10H2,1-4H3,(H,24,29)(H,25,30)(H,26,31). The summed E-state index contributed by atoms with van der Waals surface area (Å²) in [5, 5.41) is 59.3. The van der Waals surface area contributed by atoms with Crippen molar-refractivity contribution in [1.82, 2.24) is 16.0 Å². The molecule has 10 unspecified atom stereocenters. The van der Waals surface area contributed by atoms with E-state index in [1.54, 1.807) is 0 Å². The van der Waals surface area contributed by atoms with Crippen LogP contribution in [0.4, 0.5) is 0 Å². The third kappa shape index (κ3) is 7.80. The minimum absolute atomic E-state index is 0.0972. The Morgan fingerprint density at radius 1 is 1.03 bits per heavy atom. The Morgan fingerprint density at radius 2 is 1.65 bits per heavy atom. The highest BCUT2D eigenvalue weighted by Gasteiger charge is 2.55. The van der Waals surface area contributed by atoms with Gasteiger partial charge in [0.1, 0.15) is 42.1 Å². The maximum atomic E-state index is 12.5. The molecule has 0 aromatic carbocycles. The molecule has 2 aliphatic heterocycles. The van der Waals surface area contributed by atoms with Gasteiger partial charge < -0.3 is 55.7 Å². The lowest BCUT2D eigenvalue weighted by molar-refractivity contribution is -0.334. The largest absolute Gasteiger partial charge is 0.396 e. The molecule has 14 heteroatoms. The molecule has 14 nitrogen and oxygen atoms in total. The highest BCUT2D eigenvalue weighted by Crippen LogP contribution is 2.35. The Morgan fingerprint density at radius 3 is 2.19 bits per heavy atom. The quantitative estimate of drug-likeness (QED) is 0.132. The van der Waals surface area contributed by atoms with E-state index in [2.05, 4.69) is 16.0 Å². The molecule has 0 spiro atoms. The van der Waals surface area contributed by atoms with Crippen molar-refractivity contribution in [3.63, 3.8) is 0 Å². The molecule has 0 aromatic rings. The molecule has 2 saturated heterocycles. The fourth-order valence-electron chi connectivity index (χ4n) is 4.49. The number of hydrogen-bond donors (Lipinski definition) is 8. The smallest absolute Gasteiger partial charge is 0.222 e. The first kappa shape index (κ1) is 31.3. The topological polar surface area (TPSA) is 216 Å². The van der Waals surface area contributed by atoms with E-state index in [1.165, 1.54) is 13.8 Å². The third-order valence-corrected chi connectivity index (χ3v) is 6.75. The summed E-state index contributed by atoms with van der Waals surface area (Å²) in [5.74, 6) is -1.35. The van der Waals surface area contributed by atoms with Crippen molar-refractivity contribution in [3.8, 4) is 0 Å². The van der Waals surface area contributed by atoms with Gasteiger partial charge in [0.2, 0.25) is 17.7 Å². The van der Waals surface area contributed by atoms with Crippen molar-refractivity contribution < 1.29 is 54.1 Å². The number of carbonyl (C=O) groups excluding carboxylic acids is 3. The minimum Gasteiger partial charge on any atom is -0.396 e. The van der Waals surface area contributed by atoms with Gasteiger partial charge in [-0.15, -0.1) is 0 Å². The fraction of sp³-hybridized carbons (Fsp3) is 0.870. The molecule has 8 N–H and O–H groups in total. The number of carbonyl (C=O) groups is 3. The summed E-state index contributed by atoms with van der Waals surface area (Å²) in [6.07, 6.45) is -7.88. The van der Waals surface area contributed by atoms with E-state index in [4.69, 9.17) is 14.2 Å². The van der Waals surface area contributed by atoms with Crippen LogP contribution in [0.25, 0.3) is 0 Å². The van der Waals surface area contributed by atoms with Crippen LogP contribution in [0, 0.1) is 5.92 Å². The predicted molar refractivity (Wildman–Crippen MR) is 126 cm³/mol. The molecular formula is C23H41N3O11. The maximum absolute atomic E-state index is 12.5. The lowest BCUT2D eigenvalue weighted by Gasteiger charge is -2.51. The summed E-state index contributed by atoms with van der Waals surface area (Å²) in [6.45, 7) is 4.68. The summed E-state index contributed by atoms with van der Waals surface area (Å²) < 4.78 is 17.5. The molecule has 0 radical (unpaired) electrons. The van der Waals surface area contributed by atoms with Gasteiger partial charge >= 0.3 is 0 Å². The van der Waals surface area contributed by atoms with Gasteiger partial charge in [-0.1, -0.05) is 20.3 Å². The Balaban J connectivity index is 2.36. The van der Waals surface area contributed by atoms with E-state index in [1.807, 2.05) is 13.8 Å². The Labute approximate surface area is 215 Å². The van der Waals surface area contributed by atoms with Gasteiger partial charge in [0.25, 0.3) is 0 Å². The van der Waals surface area contributed by atoms with Crippen molar-refractivity contribution in [2.75, 3.05) is 19.8 Å². The van der Waals surface area contributed by atoms with Gasteiger partial charge in [0.05, 0.1) is 13.2 Å². The molecule has 0 bridgehead atoms. The number of rotatable bonds is 11. The zero-order chi connectivity index (χ0) is 27.9. The third-order valence-electron chi connectivity index (χ3n) is 6.75. The first-order valence-electron chi connectivity index (χ1n) is 12.4. The van der Waals surface area contributed by atoms with Crippen LogP contribution >= 0.6 is 0 Å². The molecule has 10 atom stereocenters. The normalized spacial score (nSPS) is 36.9. The Bertz CT molecular complexity index is 787. The van der Waals surface area contributed by atoms with Gasteiger partial charge in [0, 0.05) is 33.3 Å². The molecule has 2 rings (SSSR count). The summed E-state index contributed by atoms with van der Waals surface area (Å²) in [4.78, 5) is 36.3. The van der Waals surface area contributed by atoms with Gasteiger partial charge in [-0.3, -0.25) is 14.4 Å². The number of hydrogen-bond acceptors (Lipinski definition) is 11. The molecule has 3 amide bonds. The SMILES string of the molecule is CCC(C)CC(=O)NC1OCC(CCO)(OC2OC(CO)C(O)C(O)C2NC(C)=O)C(O)C1NC(C)=O. The highest BCUT2D eigenvalue weighted by atomic mass is 16.7. The van der Waals surface area contributed by atoms with Gasteiger partial charge in [-0.2, -0.15) is 0 Å². The predicted octanol–water partition coefficient (Wildman–Crippen LogP) is -3.16. The van der Waals surface area contributed by atoms with E-state index in [9.17, 15) is 39.9 Å². The van der Waals surface area contributed by atoms with E-state index in [0.29, 0.717) is 0 Å². The highest BCUT2D eigenvalue weighted by molar-refractivity contribution is 5.77. The number of amides is 3. The van der Waals surface area contributed by atoms with Crippen molar-refractivity contribution >= 4 is 17.7 Å². The zero-order valence-electron chi connectivity index (χ0n) is 21.6. The fourth-order valence-corrected chi connectivity index (χ4v) is 4.49. The molecule has 2 fully saturated rings. The minimum atomic E-state index is -1.75. The summed E-state index contributed by atoms with van der Waals surface area (Å²) >= 11 is 0. The maximum Gasteiger partial charge on any atom is 0.222 e. The molecule has 0 aromatic heterocycles. The van der Waals surface area contributed by atoms with E-state index < -0.39 is 79.6 Å². The molecule has 0 aliphatic carbocycles. The molecule has 2 heterocycles. The van der Waals surface area contributed by atoms with Crippen LogP contribution in [0.15, 0.2) is 0 Å². The first-order chi connectivity index (χ1) is 17.4. The van der Waals surface area contributed by atoms with Crippen LogP contribution in [-0.4, -0.2) is 118 Å². The average Bonchev–Trinajstić information content (AvgIpc) is 2.83. The van der Waals surface area contributed by atoms with Crippen molar-refractivity contribution in [2.24, 2.45) is 5.92 Å². The first-order valence-corrected chi connectivity index (χ1v) is 12.4. The average molecular weight is 536 g/mol. The number of aliphatic hydroxyl groups is 5. The molecule has 37 heavy (non-hydrogen) atoms. The van der Waals surface area contributed by atoms with Crippen LogP contribution in [-0.2, 0) is 28.6 Å². The van der Waals surface area contributed by atoms with Crippen LogP contribution < -0.4 is 16.0 Å². The van der Waals surface area contributed by atoms with E-state index in [0.717, 1.165) is 6.42 Å². The number of ether oxygens (including phenoxy) is 3. The summed E-state index contributed by atoms with van der Waals surface area (Å²) in [5.41, 5.74) is -1.75. The lowest BCUT2D eigenvalue weighted by atomic mass is 9.84. The Hall–Kier alpha value is -1.91. The van der Waals surface area contributed by atoms with Gasteiger partial charge in [0.15, 0.2) is 12.5 Å². The second-order valence-electron chi connectivity index (χ2n) is 9.78. The summed E-state index contributed by atoms with van der Waals surface area (Å²) in [6, 6.07) is -2.52. The number of aliphatic hydroxyl groups excluding tert-OH is 5. The number of nitrogens with one attached hydrogen (secondary N) is 3. The monoisotopic (exact) mass is 535 g/mol.